The van der Waals surface area contributed by atoms with Gasteiger partial charge in [-0.3, -0.25) is 9.89 Å². The Balaban J connectivity index is 1.99. The zero-order valence-corrected chi connectivity index (χ0v) is 11.7. The number of benzene rings is 1. The zero-order valence-electron chi connectivity index (χ0n) is 10.8. The molecule has 0 aliphatic carbocycles. The summed E-state index contributed by atoms with van der Waals surface area (Å²) in [7, 11) is 0. The van der Waals surface area contributed by atoms with E-state index in [1.54, 1.807) is 6.92 Å². The summed E-state index contributed by atoms with van der Waals surface area (Å²) in [6.45, 7) is 4.21. The molecular weight excluding hydrogens is 262 g/mol. The van der Waals surface area contributed by atoms with E-state index in [0.717, 1.165) is 5.56 Å². The van der Waals surface area contributed by atoms with Gasteiger partial charge in [0, 0.05) is 5.56 Å². The quantitative estimate of drug-likeness (QED) is 0.671. The van der Waals surface area contributed by atoms with Crippen molar-refractivity contribution in [1.82, 2.24) is 15.2 Å². The molecule has 2 aromatic rings. The number of aryl methyl sites for hydroxylation is 1. The summed E-state index contributed by atoms with van der Waals surface area (Å²) in [6, 6.07) is 8.00. The number of carbonyl (C=O) groups is 1. The van der Waals surface area contributed by atoms with E-state index >= 15 is 0 Å². The minimum atomic E-state index is -0.255. The number of esters is 1. The van der Waals surface area contributed by atoms with Crippen molar-refractivity contribution in [3.05, 3.63) is 29.8 Å². The number of nitrogens with zero attached hydrogens (tertiary/aromatic N) is 2. The fourth-order valence-corrected chi connectivity index (χ4v) is 2.07. The summed E-state index contributed by atoms with van der Waals surface area (Å²) < 4.78 is 4.84. The molecule has 1 N–H and O–H groups in total. The van der Waals surface area contributed by atoms with Crippen molar-refractivity contribution in [2.24, 2.45) is 0 Å². The Kier molecular flexibility index (Phi) is 4.57. The largest absolute Gasteiger partial charge is 0.465 e. The van der Waals surface area contributed by atoms with Gasteiger partial charge in [0.05, 0.1) is 12.4 Å². The average molecular weight is 277 g/mol. The Morgan fingerprint density at radius 3 is 2.79 bits per heavy atom. The van der Waals surface area contributed by atoms with Gasteiger partial charge in [-0.05, 0) is 13.8 Å². The number of rotatable bonds is 5. The summed E-state index contributed by atoms with van der Waals surface area (Å²) in [5.74, 6) is 0.666. The van der Waals surface area contributed by atoms with Gasteiger partial charge in [0.25, 0.3) is 0 Å². The Hall–Kier alpha value is -1.82. The maximum absolute atomic E-state index is 11.2. The van der Waals surface area contributed by atoms with E-state index in [4.69, 9.17) is 4.74 Å². The van der Waals surface area contributed by atoms with Crippen LogP contribution in [0.4, 0.5) is 0 Å². The van der Waals surface area contributed by atoms with Gasteiger partial charge in [-0.25, -0.2) is 4.98 Å². The molecule has 19 heavy (non-hydrogen) atoms. The van der Waals surface area contributed by atoms with Crippen LogP contribution in [0.1, 0.15) is 12.5 Å². The molecule has 1 aromatic carbocycles. The van der Waals surface area contributed by atoms with E-state index < -0.39 is 0 Å². The Morgan fingerprint density at radius 1 is 1.37 bits per heavy atom. The number of hydrogen-bond acceptors (Lipinski definition) is 5. The van der Waals surface area contributed by atoms with Crippen LogP contribution >= 0.6 is 11.8 Å². The van der Waals surface area contributed by atoms with Crippen LogP contribution in [-0.2, 0) is 9.53 Å². The normalized spacial score (nSPS) is 10.4. The van der Waals surface area contributed by atoms with E-state index in [-0.39, 0.29) is 11.7 Å². The highest BCUT2D eigenvalue weighted by Gasteiger charge is 2.09. The Morgan fingerprint density at radius 2 is 2.11 bits per heavy atom. The van der Waals surface area contributed by atoms with Gasteiger partial charge in [-0.1, -0.05) is 41.6 Å². The van der Waals surface area contributed by atoms with Crippen molar-refractivity contribution in [3.63, 3.8) is 0 Å². The standard InChI is InChI=1S/C13H15N3O2S/c1-3-18-11(17)8-19-13-14-12(15-16-13)10-6-4-9(2)5-7-10/h4-7H,3,8H2,1-2H3,(H,14,15,16). The zero-order chi connectivity index (χ0) is 13.7. The molecule has 0 fully saturated rings. The van der Waals surface area contributed by atoms with Gasteiger partial charge >= 0.3 is 5.97 Å². The molecule has 100 valence electrons. The molecule has 1 aromatic heterocycles. The van der Waals surface area contributed by atoms with Crippen molar-refractivity contribution in [3.8, 4) is 11.4 Å². The number of ether oxygens (including phenoxy) is 1. The van der Waals surface area contributed by atoms with Crippen molar-refractivity contribution in [2.45, 2.75) is 19.0 Å². The van der Waals surface area contributed by atoms with Crippen molar-refractivity contribution in [2.75, 3.05) is 12.4 Å². The smallest absolute Gasteiger partial charge is 0.316 e. The highest BCUT2D eigenvalue weighted by atomic mass is 32.2. The van der Waals surface area contributed by atoms with E-state index in [9.17, 15) is 4.79 Å². The summed E-state index contributed by atoms with van der Waals surface area (Å²) in [5.41, 5.74) is 2.17. The number of hydrogen-bond donors (Lipinski definition) is 1. The molecule has 0 amide bonds. The first-order valence-corrected chi connectivity index (χ1v) is 6.95. The maximum Gasteiger partial charge on any atom is 0.316 e. The predicted molar refractivity (Wildman–Crippen MR) is 73.9 cm³/mol. The number of thioether (sulfide) groups is 1. The lowest BCUT2D eigenvalue weighted by molar-refractivity contribution is -0.139. The first-order valence-electron chi connectivity index (χ1n) is 5.97. The fraction of sp³-hybridized carbons (Fsp3) is 0.308. The van der Waals surface area contributed by atoms with E-state index in [1.165, 1.54) is 17.3 Å². The minimum Gasteiger partial charge on any atom is -0.465 e. The summed E-state index contributed by atoms with van der Waals surface area (Å²) in [6.07, 6.45) is 0. The molecule has 0 atom stereocenters. The SMILES string of the molecule is CCOC(=O)CSc1n[nH]c(-c2ccc(C)cc2)n1. The minimum absolute atomic E-state index is 0.221. The number of aromatic amines is 1. The number of aromatic nitrogens is 3. The average Bonchev–Trinajstić information content (AvgIpc) is 2.86. The lowest BCUT2D eigenvalue weighted by atomic mass is 10.1. The van der Waals surface area contributed by atoms with Crippen LogP contribution in [0.5, 0.6) is 0 Å². The van der Waals surface area contributed by atoms with Crippen LogP contribution in [0.2, 0.25) is 0 Å². The van der Waals surface area contributed by atoms with Crippen LogP contribution < -0.4 is 0 Å². The van der Waals surface area contributed by atoms with Crippen LogP contribution in [-0.4, -0.2) is 33.5 Å². The predicted octanol–water partition coefficient (Wildman–Crippen LogP) is 2.44. The van der Waals surface area contributed by atoms with E-state index in [2.05, 4.69) is 15.2 Å². The maximum atomic E-state index is 11.2. The first-order chi connectivity index (χ1) is 9.19. The number of H-pyrrole nitrogens is 1. The fourth-order valence-electron chi connectivity index (χ4n) is 1.48. The molecule has 0 unspecified atom stereocenters. The molecule has 6 heteroatoms. The number of carbonyl (C=O) groups excluding carboxylic acids is 1. The van der Waals surface area contributed by atoms with Crippen LogP contribution in [0.3, 0.4) is 0 Å². The van der Waals surface area contributed by atoms with Crippen LogP contribution in [0, 0.1) is 6.92 Å². The summed E-state index contributed by atoms with van der Waals surface area (Å²) >= 11 is 1.26. The third-order valence-electron chi connectivity index (χ3n) is 2.41. The topological polar surface area (TPSA) is 67.9 Å². The highest BCUT2D eigenvalue weighted by Crippen LogP contribution is 2.19. The molecular formula is C13H15N3O2S. The second-order valence-electron chi connectivity index (χ2n) is 3.93. The van der Waals surface area contributed by atoms with E-state index in [0.29, 0.717) is 17.6 Å². The highest BCUT2D eigenvalue weighted by molar-refractivity contribution is 7.99. The second kappa shape index (κ2) is 6.38. The van der Waals surface area contributed by atoms with Gasteiger partial charge in [-0.2, -0.15) is 0 Å². The molecule has 0 saturated heterocycles. The van der Waals surface area contributed by atoms with Gasteiger partial charge in [0.15, 0.2) is 5.82 Å². The van der Waals surface area contributed by atoms with Crippen LogP contribution in [0.25, 0.3) is 11.4 Å². The molecule has 5 nitrogen and oxygen atoms in total. The van der Waals surface area contributed by atoms with Gasteiger partial charge in [0.2, 0.25) is 5.16 Å². The second-order valence-corrected chi connectivity index (χ2v) is 4.87. The molecule has 0 aliphatic rings. The van der Waals surface area contributed by atoms with E-state index in [1.807, 2.05) is 31.2 Å². The Labute approximate surface area is 115 Å². The van der Waals surface area contributed by atoms with Crippen molar-refractivity contribution >= 4 is 17.7 Å². The molecule has 0 aliphatic heterocycles. The van der Waals surface area contributed by atoms with Crippen molar-refractivity contribution < 1.29 is 9.53 Å². The summed E-state index contributed by atoms with van der Waals surface area (Å²) in [4.78, 5) is 15.6. The molecule has 2 rings (SSSR count). The molecule has 1 heterocycles. The van der Waals surface area contributed by atoms with Gasteiger partial charge in [-0.15, -0.1) is 5.10 Å². The lowest BCUT2D eigenvalue weighted by Crippen LogP contribution is -2.06. The Bertz CT molecular complexity index is 551. The lowest BCUT2D eigenvalue weighted by Gasteiger charge is -1.98. The first kappa shape index (κ1) is 13.6. The van der Waals surface area contributed by atoms with Crippen molar-refractivity contribution in [1.29, 1.82) is 0 Å². The van der Waals surface area contributed by atoms with Gasteiger partial charge < -0.3 is 4.74 Å². The molecule has 0 bridgehead atoms. The third kappa shape index (κ3) is 3.82. The summed E-state index contributed by atoms with van der Waals surface area (Å²) in [5, 5.41) is 7.47. The monoisotopic (exact) mass is 277 g/mol. The molecule has 0 saturated carbocycles. The molecule has 0 radical (unpaired) electrons. The third-order valence-corrected chi connectivity index (χ3v) is 3.24. The molecule has 0 spiro atoms. The number of nitrogens with one attached hydrogen (secondary N) is 1. The van der Waals surface area contributed by atoms with Crippen LogP contribution in [0.15, 0.2) is 29.4 Å². The van der Waals surface area contributed by atoms with Gasteiger partial charge in [0.1, 0.15) is 0 Å².